The molecule has 0 heterocycles. The maximum absolute atomic E-state index is 12.7. The quantitative estimate of drug-likeness (QED) is 0.626. The van der Waals surface area contributed by atoms with Gasteiger partial charge in [0.1, 0.15) is 0 Å². The minimum absolute atomic E-state index is 0.136. The lowest BCUT2D eigenvalue weighted by atomic mass is 10.0. The van der Waals surface area contributed by atoms with Gasteiger partial charge in [0, 0.05) is 11.5 Å². The van der Waals surface area contributed by atoms with E-state index in [4.69, 9.17) is 5.11 Å². The maximum atomic E-state index is 12.7. The Morgan fingerprint density at radius 2 is 1.95 bits per heavy atom. The van der Waals surface area contributed by atoms with Gasteiger partial charge < -0.3 is 9.84 Å². The fourth-order valence-corrected chi connectivity index (χ4v) is 1.22. The van der Waals surface area contributed by atoms with Crippen LogP contribution in [0.1, 0.15) is 21.5 Å². The first kappa shape index (κ1) is 14.6. The number of carboxylic acid groups (broad SMARTS) is 1. The van der Waals surface area contributed by atoms with Crippen LogP contribution in [0.15, 0.2) is 18.2 Å². The summed E-state index contributed by atoms with van der Waals surface area (Å²) in [6.07, 6.45) is -4.82. The Bertz CT molecular complexity index is 579. The molecule has 0 fully saturated rings. The summed E-state index contributed by atoms with van der Waals surface area (Å²) < 4.78 is 42.2. The molecule has 1 rings (SSSR count). The van der Waals surface area contributed by atoms with Gasteiger partial charge in [-0.1, -0.05) is 5.92 Å². The molecular weight excluding hydrogens is 265 g/mol. The summed E-state index contributed by atoms with van der Waals surface area (Å²) >= 11 is 0. The Balaban J connectivity index is 3.30. The molecule has 0 radical (unpaired) electrons. The van der Waals surface area contributed by atoms with Crippen LogP contribution in [0.4, 0.5) is 13.2 Å². The van der Waals surface area contributed by atoms with E-state index in [0.717, 1.165) is 19.2 Å². The maximum Gasteiger partial charge on any atom is 0.417 e. The number of aromatic carboxylic acids is 1. The van der Waals surface area contributed by atoms with Gasteiger partial charge in [-0.05, 0) is 18.2 Å². The molecule has 0 unspecified atom stereocenters. The van der Waals surface area contributed by atoms with Crippen molar-refractivity contribution in [3.05, 3.63) is 34.9 Å². The van der Waals surface area contributed by atoms with E-state index in [9.17, 15) is 22.8 Å². The fourth-order valence-electron chi connectivity index (χ4n) is 1.22. The number of methoxy groups -OCH3 is 1. The summed E-state index contributed by atoms with van der Waals surface area (Å²) in [4.78, 5) is 21.4. The van der Waals surface area contributed by atoms with Gasteiger partial charge in [0.05, 0.1) is 18.2 Å². The van der Waals surface area contributed by atoms with Crippen molar-refractivity contribution >= 4 is 11.9 Å². The average molecular weight is 272 g/mol. The monoisotopic (exact) mass is 272 g/mol. The molecule has 1 aromatic rings. The zero-order chi connectivity index (χ0) is 14.6. The Morgan fingerprint density at radius 3 is 2.42 bits per heavy atom. The molecule has 0 amide bonds. The molecule has 0 bridgehead atoms. The number of hydrogen-bond acceptors (Lipinski definition) is 3. The number of carboxylic acids is 1. The summed E-state index contributed by atoms with van der Waals surface area (Å²) in [5, 5.41) is 8.67. The largest absolute Gasteiger partial charge is 0.478 e. The molecule has 1 aromatic carbocycles. The van der Waals surface area contributed by atoms with Crippen molar-refractivity contribution in [3.8, 4) is 11.8 Å². The molecule has 19 heavy (non-hydrogen) atoms. The summed E-state index contributed by atoms with van der Waals surface area (Å²) in [7, 11) is 1.08. The van der Waals surface area contributed by atoms with E-state index in [1.807, 2.05) is 5.92 Å². The molecule has 0 aliphatic rings. The van der Waals surface area contributed by atoms with Crippen LogP contribution in [-0.2, 0) is 15.7 Å². The van der Waals surface area contributed by atoms with Crippen LogP contribution < -0.4 is 0 Å². The number of halogens is 3. The van der Waals surface area contributed by atoms with Crippen LogP contribution in [0.3, 0.4) is 0 Å². The van der Waals surface area contributed by atoms with Gasteiger partial charge >= 0.3 is 18.1 Å². The number of carbonyl (C=O) groups is 2. The summed E-state index contributed by atoms with van der Waals surface area (Å²) in [6.45, 7) is 0. The predicted molar refractivity (Wildman–Crippen MR) is 57.3 cm³/mol. The molecule has 1 N–H and O–H groups in total. The Morgan fingerprint density at radius 1 is 1.32 bits per heavy atom. The smallest absolute Gasteiger partial charge is 0.417 e. The highest BCUT2D eigenvalue weighted by molar-refractivity contribution is 5.91. The van der Waals surface area contributed by atoms with Crippen molar-refractivity contribution in [2.75, 3.05) is 7.11 Å². The number of hydrogen-bond donors (Lipinski definition) is 1. The van der Waals surface area contributed by atoms with E-state index < -0.39 is 29.2 Å². The molecule has 0 aromatic heterocycles. The van der Waals surface area contributed by atoms with Crippen LogP contribution >= 0.6 is 0 Å². The first-order chi connectivity index (χ1) is 8.75. The summed E-state index contributed by atoms with van der Waals surface area (Å²) in [5.74, 6) is 1.51. The first-order valence-corrected chi connectivity index (χ1v) is 4.80. The van der Waals surface area contributed by atoms with E-state index in [1.165, 1.54) is 0 Å². The number of ether oxygens (including phenoxy) is 1. The molecule has 7 heteroatoms. The Kier molecular flexibility index (Phi) is 4.17. The molecule has 0 aliphatic heterocycles. The molecular formula is C12H7F3O4. The second-order valence-electron chi connectivity index (χ2n) is 3.30. The Labute approximate surface area is 105 Å². The predicted octanol–water partition coefficient (Wildman–Crippen LogP) is 1.93. The van der Waals surface area contributed by atoms with Crippen molar-refractivity contribution in [1.82, 2.24) is 0 Å². The second kappa shape index (κ2) is 5.44. The van der Waals surface area contributed by atoms with E-state index in [1.54, 1.807) is 0 Å². The molecule has 0 atom stereocenters. The number of esters is 1. The minimum Gasteiger partial charge on any atom is -0.478 e. The minimum atomic E-state index is -4.82. The summed E-state index contributed by atoms with van der Waals surface area (Å²) in [5.41, 5.74) is -2.34. The van der Waals surface area contributed by atoms with Crippen molar-refractivity contribution < 1.29 is 32.6 Å². The van der Waals surface area contributed by atoms with Gasteiger partial charge in [-0.15, -0.1) is 0 Å². The molecule has 0 saturated carbocycles. The first-order valence-electron chi connectivity index (χ1n) is 4.80. The normalized spacial score (nSPS) is 10.3. The molecule has 0 spiro atoms. The summed E-state index contributed by atoms with van der Waals surface area (Å²) in [6, 6.07) is 2.43. The number of benzene rings is 1. The van der Waals surface area contributed by atoms with Gasteiger partial charge in [-0.3, -0.25) is 0 Å². The third-order valence-electron chi connectivity index (χ3n) is 2.05. The van der Waals surface area contributed by atoms with E-state index >= 15 is 0 Å². The van der Waals surface area contributed by atoms with Crippen molar-refractivity contribution in [2.24, 2.45) is 0 Å². The molecule has 4 nitrogen and oxygen atoms in total. The lowest BCUT2D eigenvalue weighted by molar-refractivity contribution is -0.138. The van der Waals surface area contributed by atoms with Crippen LogP contribution in [0.2, 0.25) is 0 Å². The van der Waals surface area contributed by atoms with Gasteiger partial charge in [-0.25, -0.2) is 9.59 Å². The highest BCUT2D eigenvalue weighted by atomic mass is 19.4. The zero-order valence-corrected chi connectivity index (χ0v) is 9.54. The molecule has 0 aliphatic carbocycles. The average Bonchev–Trinajstić information content (AvgIpc) is 2.34. The fraction of sp³-hybridized carbons (Fsp3) is 0.167. The van der Waals surface area contributed by atoms with Gasteiger partial charge in [0.25, 0.3) is 0 Å². The van der Waals surface area contributed by atoms with Crippen molar-refractivity contribution in [1.29, 1.82) is 0 Å². The molecule has 0 saturated heterocycles. The number of carbonyl (C=O) groups excluding carboxylic acids is 1. The second-order valence-corrected chi connectivity index (χ2v) is 3.30. The van der Waals surface area contributed by atoms with E-state index in [2.05, 4.69) is 10.7 Å². The van der Waals surface area contributed by atoms with Crippen LogP contribution in [0, 0.1) is 11.8 Å². The highest BCUT2D eigenvalue weighted by Crippen LogP contribution is 2.32. The topological polar surface area (TPSA) is 63.6 Å². The third-order valence-corrected chi connectivity index (χ3v) is 2.05. The highest BCUT2D eigenvalue weighted by Gasteiger charge is 2.35. The van der Waals surface area contributed by atoms with Gasteiger partial charge in [0.2, 0.25) is 0 Å². The third kappa shape index (κ3) is 3.74. The van der Waals surface area contributed by atoms with Gasteiger partial charge in [-0.2, -0.15) is 13.2 Å². The molecule has 100 valence electrons. The van der Waals surface area contributed by atoms with Crippen molar-refractivity contribution in [2.45, 2.75) is 6.18 Å². The van der Waals surface area contributed by atoms with E-state index in [-0.39, 0.29) is 5.56 Å². The number of rotatable bonds is 1. The van der Waals surface area contributed by atoms with Crippen molar-refractivity contribution in [3.63, 3.8) is 0 Å². The number of alkyl halides is 3. The SMILES string of the molecule is COC(=O)C#Cc1ccc(C(=O)O)c(C(F)(F)F)c1. The van der Waals surface area contributed by atoms with E-state index in [0.29, 0.717) is 6.07 Å². The van der Waals surface area contributed by atoms with Crippen LogP contribution in [0.25, 0.3) is 0 Å². The van der Waals surface area contributed by atoms with Crippen LogP contribution in [0.5, 0.6) is 0 Å². The lowest BCUT2D eigenvalue weighted by Crippen LogP contribution is -2.13. The zero-order valence-electron chi connectivity index (χ0n) is 9.54. The Hall–Kier alpha value is -2.49. The van der Waals surface area contributed by atoms with Crippen LogP contribution in [-0.4, -0.2) is 24.2 Å². The van der Waals surface area contributed by atoms with Gasteiger partial charge in [0.15, 0.2) is 0 Å². The standard InChI is InChI=1S/C12H7F3O4/c1-19-10(16)5-3-7-2-4-8(11(17)18)9(6-7)12(13,14)15/h2,4,6H,1H3,(H,17,18). The lowest BCUT2D eigenvalue weighted by Gasteiger charge is -2.10.